The largest absolute Gasteiger partial charge is 0.507 e. The van der Waals surface area contributed by atoms with Crippen molar-refractivity contribution in [3.8, 4) is 22.8 Å². The Balaban J connectivity index is 1.74. The van der Waals surface area contributed by atoms with Crippen molar-refractivity contribution < 1.29 is 19.4 Å². The summed E-state index contributed by atoms with van der Waals surface area (Å²) in [4.78, 5) is 15.1. The van der Waals surface area contributed by atoms with Crippen molar-refractivity contribution in [3.63, 3.8) is 0 Å². The van der Waals surface area contributed by atoms with Gasteiger partial charge in [0.05, 0.1) is 19.3 Å². The van der Waals surface area contributed by atoms with Crippen molar-refractivity contribution in [2.45, 2.75) is 32.4 Å². The average Bonchev–Trinajstić information content (AvgIpc) is 3.31. The summed E-state index contributed by atoms with van der Waals surface area (Å²) in [5.74, 6) is 0.773. The number of hydrogen-bond donors (Lipinski definition) is 2. The van der Waals surface area contributed by atoms with E-state index in [2.05, 4.69) is 10.2 Å². The van der Waals surface area contributed by atoms with E-state index in [1.165, 1.54) is 0 Å². The normalized spacial score (nSPS) is 15.5. The number of ether oxygens (including phenoxy) is 2. The lowest BCUT2D eigenvalue weighted by Crippen LogP contribution is -2.31. The first-order valence-corrected chi connectivity index (χ1v) is 10.4. The molecular weight excluding hydrogens is 394 g/mol. The lowest BCUT2D eigenvalue weighted by Gasteiger charge is -2.26. The molecule has 1 aromatic heterocycles. The molecule has 0 aliphatic carbocycles. The van der Waals surface area contributed by atoms with Crippen LogP contribution in [0.2, 0.25) is 0 Å². The number of fused-ring (bicyclic) bond motifs is 1. The number of aromatic hydroxyl groups is 1. The minimum absolute atomic E-state index is 0.102. The van der Waals surface area contributed by atoms with Crippen LogP contribution in [0.4, 0.5) is 0 Å². The molecule has 31 heavy (non-hydrogen) atoms. The number of methoxy groups -OCH3 is 1. The number of amides is 1. The van der Waals surface area contributed by atoms with Crippen LogP contribution in [0.5, 0.6) is 11.5 Å². The molecule has 1 aliphatic rings. The van der Waals surface area contributed by atoms with E-state index in [1.54, 1.807) is 25.3 Å². The molecule has 0 saturated carbocycles. The van der Waals surface area contributed by atoms with Crippen LogP contribution in [-0.4, -0.2) is 52.5 Å². The first kappa shape index (κ1) is 20.9. The molecule has 0 fully saturated rings. The Morgan fingerprint density at radius 1 is 1.16 bits per heavy atom. The summed E-state index contributed by atoms with van der Waals surface area (Å²) in [5, 5.41) is 17.7. The summed E-state index contributed by atoms with van der Waals surface area (Å²) >= 11 is 0. The van der Waals surface area contributed by atoms with Gasteiger partial charge in [0.25, 0.3) is 5.91 Å². The molecule has 0 unspecified atom stereocenters. The van der Waals surface area contributed by atoms with Crippen LogP contribution in [-0.2, 0) is 4.74 Å². The van der Waals surface area contributed by atoms with Gasteiger partial charge in [0.2, 0.25) is 0 Å². The Labute approximate surface area is 181 Å². The van der Waals surface area contributed by atoms with Gasteiger partial charge < -0.3 is 19.5 Å². The number of benzene rings is 2. The lowest BCUT2D eigenvalue weighted by molar-refractivity contribution is 0.0601. The highest BCUT2D eigenvalue weighted by atomic mass is 16.5. The average molecular weight is 421 g/mol. The number of aromatic nitrogens is 2. The van der Waals surface area contributed by atoms with Crippen molar-refractivity contribution in [1.82, 2.24) is 15.1 Å². The molecule has 7 nitrogen and oxygen atoms in total. The molecule has 7 heteroatoms. The van der Waals surface area contributed by atoms with Gasteiger partial charge in [-0.1, -0.05) is 24.3 Å². The van der Waals surface area contributed by atoms with Gasteiger partial charge in [-0.05, 0) is 50.1 Å². The first-order valence-electron chi connectivity index (χ1n) is 10.4. The van der Waals surface area contributed by atoms with Gasteiger partial charge in [-0.3, -0.25) is 9.89 Å². The number of carbonyl (C=O) groups excluding carboxylic acids is 1. The van der Waals surface area contributed by atoms with Crippen molar-refractivity contribution in [2.75, 3.05) is 20.3 Å². The quantitative estimate of drug-likeness (QED) is 0.534. The number of nitrogens with zero attached hydrogens (tertiary/aromatic N) is 2. The van der Waals surface area contributed by atoms with Crippen LogP contribution in [0, 0.1) is 0 Å². The smallest absolute Gasteiger partial charge is 0.273 e. The van der Waals surface area contributed by atoms with Crippen LogP contribution in [0.1, 0.15) is 47.9 Å². The lowest BCUT2D eigenvalue weighted by atomic mass is 9.95. The van der Waals surface area contributed by atoms with E-state index >= 15 is 0 Å². The van der Waals surface area contributed by atoms with E-state index in [0.29, 0.717) is 30.1 Å². The summed E-state index contributed by atoms with van der Waals surface area (Å²) < 4.78 is 11.0. The fraction of sp³-hybridized carbons (Fsp3) is 0.333. The summed E-state index contributed by atoms with van der Waals surface area (Å²) in [6.45, 7) is 5.12. The number of H-pyrrole nitrogens is 1. The Morgan fingerprint density at radius 2 is 1.90 bits per heavy atom. The third-order valence-electron chi connectivity index (χ3n) is 5.45. The zero-order chi connectivity index (χ0) is 22.0. The zero-order valence-corrected chi connectivity index (χ0v) is 18.0. The SMILES string of the molecule is COc1ccc([C@@H]2c3c(-c4ccccc4O)n[nH]c3C(=O)N2CCCOC(C)C)cc1. The second kappa shape index (κ2) is 8.81. The number of rotatable bonds is 8. The predicted octanol–water partition coefficient (Wildman–Crippen LogP) is 4.15. The number of nitrogens with one attached hydrogen (secondary N) is 1. The predicted molar refractivity (Wildman–Crippen MR) is 117 cm³/mol. The number of aromatic amines is 1. The Morgan fingerprint density at radius 3 is 2.58 bits per heavy atom. The fourth-order valence-electron chi connectivity index (χ4n) is 3.99. The number of phenolic OH excluding ortho intramolecular Hbond substituents is 1. The molecule has 0 spiro atoms. The molecule has 1 aliphatic heterocycles. The van der Waals surface area contributed by atoms with Crippen LogP contribution < -0.4 is 4.74 Å². The Kier molecular flexibility index (Phi) is 5.95. The standard InChI is InChI=1S/C24H27N3O4/c1-15(2)31-14-6-13-27-23(16-9-11-17(30-3)12-10-16)20-21(25-26-22(20)24(27)29)18-7-4-5-8-19(18)28/h4-5,7-12,15,23,28H,6,13-14H2,1-3H3,(H,25,26)/t23-/m1/s1. The highest BCUT2D eigenvalue weighted by molar-refractivity contribution is 6.00. The maximum absolute atomic E-state index is 13.3. The molecule has 162 valence electrons. The van der Waals surface area contributed by atoms with Crippen LogP contribution >= 0.6 is 0 Å². The molecule has 0 saturated heterocycles. The fourth-order valence-corrected chi connectivity index (χ4v) is 3.99. The topological polar surface area (TPSA) is 87.7 Å². The second-order valence-corrected chi connectivity index (χ2v) is 7.83. The van der Waals surface area contributed by atoms with Crippen LogP contribution in [0.25, 0.3) is 11.3 Å². The summed E-state index contributed by atoms with van der Waals surface area (Å²) in [7, 11) is 1.62. The molecular formula is C24H27N3O4. The van der Waals surface area contributed by atoms with Crippen LogP contribution in [0.3, 0.4) is 0 Å². The van der Waals surface area contributed by atoms with E-state index in [4.69, 9.17) is 9.47 Å². The second-order valence-electron chi connectivity index (χ2n) is 7.83. The summed E-state index contributed by atoms with van der Waals surface area (Å²) in [6, 6.07) is 14.4. The number of hydrogen-bond acceptors (Lipinski definition) is 5. The van der Waals surface area contributed by atoms with Gasteiger partial charge in [0, 0.05) is 24.3 Å². The number of carbonyl (C=O) groups is 1. The van der Waals surface area contributed by atoms with Gasteiger partial charge in [-0.25, -0.2) is 0 Å². The Hall–Kier alpha value is -3.32. The van der Waals surface area contributed by atoms with Gasteiger partial charge in [0.1, 0.15) is 22.9 Å². The van der Waals surface area contributed by atoms with Crippen molar-refractivity contribution >= 4 is 5.91 Å². The first-order chi connectivity index (χ1) is 15.0. The van der Waals surface area contributed by atoms with E-state index < -0.39 is 0 Å². The van der Waals surface area contributed by atoms with Crippen molar-refractivity contribution in [2.24, 2.45) is 0 Å². The van der Waals surface area contributed by atoms with E-state index in [-0.39, 0.29) is 23.8 Å². The highest BCUT2D eigenvalue weighted by Gasteiger charge is 2.42. The third-order valence-corrected chi connectivity index (χ3v) is 5.45. The molecule has 2 heterocycles. The molecule has 1 atom stereocenters. The molecule has 2 aromatic carbocycles. The third kappa shape index (κ3) is 4.01. The summed E-state index contributed by atoms with van der Waals surface area (Å²) in [6.07, 6.45) is 0.872. The highest BCUT2D eigenvalue weighted by Crippen LogP contribution is 2.44. The van der Waals surface area contributed by atoms with Gasteiger partial charge in [0.15, 0.2) is 0 Å². The molecule has 0 radical (unpaired) electrons. The maximum Gasteiger partial charge on any atom is 0.273 e. The molecule has 4 rings (SSSR count). The van der Waals surface area contributed by atoms with Gasteiger partial charge in [-0.2, -0.15) is 5.10 Å². The zero-order valence-electron chi connectivity index (χ0n) is 18.0. The minimum Gasteiger partial charge on any atom is -0.507 e. The molecule has 0 bridgehead atoms. The van der Waals surface area contributed by atoms with Crippen molar-refractivity contribution in [1.29, 1.82) is 0 Å². The van der Waals surface area contributed by atoms with Gasteiger partial charge >= 0.3 is 0 Å². The summed E-state index contributed by atoms with van der Waals surface area (Å²) in [5.41, 5.74) is 3.38. The molecule has 2 N–H and O–H groups in total. The van der Waals surface area contributed by atoms with E-state index in [1.807, 2.05) is 49.1 Å². The molecule has 1 amide bonds. The number of para-hydroxylation sites is 1. The monoisotopic (exact) mass is 421 g/mol. The Bertz CT molecular complexity index is 1060. The maximum atomic E-state index is 13.3. The van der Waals surface area contributed by atoms with E-state index in [0.717, 1.165) is 23.3 Å². The van der Waals surface area contributed by atoms with Gasteiger partial charge in [-0.15, -0.1) is 0 Å². The van der Waals surface area contributed by atoms with E-state index in [9.17, 15) is 9.90 Å². The number of phenols is 1. The minimum atomic E-state index is -0.319. The van der Waals surface area contributed by atoms with Crippen molar-refractivity contribution in [3.05, 3.63) is 65.4 Å². The van der Waals surface area contributed by atoms with Crippen LogP contribution in [0.15, 0.2) is 48.5 Å². The molecule has 3 aromatic rings.